The Balaban J connectivity index is 1.92. The van der Waals surface area contributed by atoms with Gasteiger partial charge in [-0.25, -0.2) is 0 Å². The Morgan fingerprint density at radius 3 is 2.04 bits per heavy atom. The molecule has 0 N–H and O–H groups in total. The quantitative estimate of drug-likeness (QED) is 0.398. The summed E-state index contributed by atoms with van der Waals surface area (Å²) in [6.45, 7) is 4.95. The third kappa shape index (κ3) is 6.92. The number of ether oxygens (including phenoxy) is 1. The lowest BCUT2D eigenvalue weighted by Crippen LogP contribution is -2.18. The van der Waals surface area contributed by atoms with E-state index in [-0.39, 0.29) is 5.97 Å². The zero-order valence-corrected chi connectivity index (χ0v) is 17.0. The molecule has 1 atom stereocenters. The van der Waals surface area contributed by atoms with Gasteiger partial charge in [-0.1, -0.05) is 93.8 Å². The van der Waals surface area contributed by atoms with Gasteiger partial charge in [0.1, 0.15) is 0 Å². The Kier molecular flexibility index (Phi) is 9.42. The fraction of sp³-hybridized carbons (Fsp3) is 0.435. The Morgan fingerprint density at radius 2 is 1.54 bits per heavy atom. The van der Waals surface area contributed by atoms with Crippen molar-refractivity contribution in [2.45, 2.75) is 46.0 Å². The van der Waals surface area contributed by atoms with Crippen molar-refractivity contribution in [1.82, 2.24) is 0 Å². The fourth-order valence-electron chi connectivity index (χ4n) is 3.01. The molecule has 0 aromatic heterocycles. The van der Waals surface area contributed by atoms with Crippen LogP contribution in [0.25, 0.3) is 0 Å². The van der Waals surface area contributed by atoms with Crippen LogP contribution in [0.4, 0.5) is 0 Å². The van der Waals surface area contributed by atoms with Gasteiger partial charge in [0.05, 0.1) is 13.0 Å². The van der Waals surface area contributed by atoms with E-state index in [1.807, 2.05) is 12.1 Å². The summed E-state index contributed by atoms with van der Waals surface area (Å²) in [6, 6.07) is 21.1. The van der Waals surface area contributed by atoms with Crippen molar-refractivity contribution in [1.29, 1.82) is 0 Å². The first-order valence-corrected chi connectivity index (χ1v) is 11.3. The van der Waals surface area contributed by atoms with Crippen LogP contribution >= 0.6 is 7.92 Å². The molecule has 26 heavy (non-hydrogen) atoms. The molecule has 0 radical (unpaired) electrons. The molecule has 2 aromatic rings. The summed E-state index contributed by atoms with van der Waals surface area (Å²) in [7, 11) is -0.523. The summed E-state index contributed by atoms with van der Waals surface area (Å²) in [5, 5.41) is 2.63. The lowest BCUT2D eigenvalue weighted by molar-refractivity contribution is -0.144. The number of unbranched alkanes of at least 4 members (excludes halogenated alkanes) is 1. The predicted octanol–water partition coefficient (Wildman–Crippen LogP) is 5.27. The highest BCUT2D eigenvalue weighted by Gasteiger charge is 2.16. The van der Waals surface area contributed by atoms with Gasteiger partial charge < -0.3 is 4.74 Å². The molecule has 140 valence electrons. The van der Waals surface area contributed by atoms with Crippen molar-refractivity contribution >= 4 is 24.5 Å². The van der Waals surface area contributed by atoms with Crippen LogP contribution in [-0.4, -0.2) is 18.7 Å². The van der Waals surface area contributed by atoms with Gasteiger partial charge in [0.25, 0.3) is 0 Å². The molecule has 2 rings (SSSR count). The summed E-state index contributed by atoms with van der Waals surface area (Å²) >= 11 is 0. The van der Waals surface area contributed by atoms with Gasteiger partial charge in [-0.15, -0.1) is 0 Å². The van der Waals surface area contributed by atoms with E-state index < -0.39 is 7.92 Å². The minimum Gasteiger partial charge on any atom is -0.465 e. The molecule has 0 fully saturated rings. The van der Waals surface area contributed by atoms with Crippen LogP contribution in [0.3, 0.4) is 0 Å². The number of carbonyl (C=O) groups excluding carboxylic acids is 1. The Hall–Kier alpha value is -1.66. The minimum atomic E-state index is -0.523. The number of hydrogen-bond acceptors (Lipinski definition) is 2. The fourth-order valence-corrected chi connectivity index (χ4v) is 5.29. The molecule has 0 spiro atoms. The van der Waals surface area contributed by atoms with E-state index in [1.165, 1.54) is 23.5 Å². The van der Waals surface area contributed by atoms with Crippen LogP contribution in [-0.2, 0) is 9.53 Å². The lowest BCUT2D eigenvalue weighted by atomic mass is 10.0. The molecule has 0 heterocycles. The molecule has 0 aliphatic heterocycles. The number of carbonyl (C=O) groups is 1. The molecule has 0 saturated carbocycles. The maximum absolute atomic E-state index is 12.3. The average Bonchev–Trinajstić information content (AvgIpc) is 2.70. The van der Waals surface area contributed by atoms with Gasteiger partial charge in [0.2, 0.25) is 0 Å². The first-order chi connectivity index (χ1) is 12.7. The summed E-state index contributed by atoms with van der Waals surface area (Å²) in [5.41, 5.74) is 0. The van der Waals surface area contributed by atoms with Crippen LogP contribution in [0.1, 0.15) is 46.0 Å². The normalized spacial score (nSPS) is 12.1. The number of hydrogen-bond donors (Lipinski definition) is 0. The van der Waals surface area contributed by atoms with E-state index in [1.54, 1.807) is 0 Å². The van der Waals surface area contributed by atoms with Crippen molar-refractivity contribution in [3.8, 4) is 0 Å². The van der Waals surface area contributed by atoms with E-state index in [4.69, 9.17) is 4.74 Å². The SMILES string of the molecule is CCCCC(CC)COC(=O)CCP(c1ccccc1)c1ccccc1. The highest BCUT2D eigenvalue weighted by molar-refractivity contribution is 7.73. The maximum atomic E-state index is 12.3. The second-order valence-electron chi connectivity index (χ2n) is 6.67. The van der Waals surface area contributed by atoms with Crippen LogP contribution in [0.2, 0.25) is 0 Å². The van der Waals surface area contributed by atoms with E-state index in [2.05, 4.69) is 62.4 Å². The largest absolute Gasteiger partial charge is 0.465 e. The highest BCUT2D eigenvalue weighted by atomic mass is 31.1. The van der Waals surface area contributed by atoms with Crippen LogP contribution in [0.15, 0.2) is 60.7 Å². The van der Waals surface area contributed by atoms with Crippen molar-refractivity contribution in [3.05, 3.63) is 60.7 Å². The van der Waals surface area contributed by atoms with Crippen molar-refractivity contribution < 1.29 is 9.53 Å². The van der Waals surface area contributed by atoms with Gasteiger partial charge in [-0.05, 0) is 37.0 Å². The Labute approximate surface area is 159 Å². The molecule has 3 heteroatoms. The van der Waals surface area contributed by atoms with Crippen LogP contribution < -0.4 is 10.6 Å². The van der Waals surface area contributed by atoms with Crippen molar-refractivity contribution in [3.63, 3.8) is 0 Å². The zero-order valence-electron chi connectivity index (χ0n) is 16.1. The second-order valence-corrected chi connectivity index (χ2v) is 9.01. The molecule has 2 aromatic carbocycles. The van der Waals surface area contributed by atoms with Crippen LogP contribution in [0, 0.1) is 5.92 Å². The number of benzene rings is 2. The van der Waals surface area contributed by atoms with Crippen molar-refractivity contribution in [2.24, 2.45) is 5.92 Å². The van der Waals surface area contributed by atoms with Gasteiger partial charge in [-0.2, -0.15) is 0 Å². The molecular weight excluding hydrogens is 339 g/mol. The van der Waals surface area contributed by atoms with Crippen molar-refractivity contribution in [2.75, 3.05) is 12.8 Å². The number of esters is 1. The molecule has 0 saturated heterocycles. The standard InChI is InChI=1S/C23H31O2P/c1-3-5-12-20(4-2)19-25-23(24)17-18-26(21-13-8-6-9-14-21)22-15-10-7-11-16-22/h6-11,13-16,20H,3-5,12,17-19H2,1-2H3. The Bertz CT molecular complexity index is 588. The summed E-state index contributed by atoms with van der Waals surface area (Å²) in [6.07, 6.45) is 5.97. The van der Waals surface area contributed by atoms with Gasteiger partial charge >= 0.3 is 5.97 Å². The molecular formula is C23H31O2P. The maximum Gasteiger partial charge on any atom is 0.306 e. The van der Waals surface area contributed by atoms with E-state index in [9.17, 15) is 4.79 Å². The first-order valence-electron chi connectivity index (χ1n) is 9.77. The third-order valence-corrected chi connectivity index (χ3v) is 7.21. The van der Waals surface area contributed by atoms with Gasteiger partial charge in [0.15, 0.2) is 0 Å². The monoisotopic (exact) mass is 370 g/mol. The number of rotatable bonds is 11. The second kappa shape index (κ2) is 11.9. The molecule has 0 amide bonds. The molecule has 0 aliphatic carbocycles. The first kappa shape index (κ1) is 20.6. The predicted molar refractivity (Wildman–Crippen MR) is 113 cm³/mol. The van der Waals surface area contributed by atoms with Gasteiger partial charge in [0, 0.05) is 0 Å². The van der Waals surface area contributed by atoms with Crippen LogP contribution in [0.5, 0.6) is 0 Å². The van der Waals surface area contributed by atoms with E-state index in [0.717, 1.165) is 19.0 Å². The average molecular weight is 370 g/mol. The van der Waals surface area contributed by atoms with Gasteiger partial charge in [-0.3, -0.25) is 4.79 Å². The summed E-state index contributed by atoms with van der Waals surface area (Å²) in [4.78, 5) is 12.3. The summed E-state index contributed by atoms with van der Waals surface area (Å²) in [5.74, 6) is 0.447. The molecule has 2 nitrogen and oxygen atoms in total. The Morgan fingerprint density at radius 1 is 0.962 bits per heavy atom. The summed E-state index contributed by atoms with van der Waals surface area (Å²) < 4.78 is 5.59. The van der Waals surface area contributed by atoms with E-state index in [0.29, 0.717) is 18.9 Å². The molecule has 1 unspecified atom stereocenters. The molecule has 0 bridgehead atoms. The minimum absolute atomic E-state index is 0.0562. The van der Waals surface area contributed by atoms with E-state index >= 15 is 0 Å². The molecule has 0 aliphatic rings. The zero-order chi connectivity index (χ0) is 18.6. The third-order valence-electron chi connectivity index (χ3n) is 4.70. The highest BCUT2D eigenvalue weighted by Crippen LogP contribution is 2.34. The smallest absolute Gasteiger partial charge is 0.306 e. The lowest BCUT2D eigenvalue weighted by Gasteiger charge is -2.19. The topological polar surface area (TPSA) is 26.3 Å².